The predicted octanol–water partition coefficient (Wildman–Crippen LogP) is 3.71. The highest BCUT2D eigenvalue weighted by molar-refractivity contribution is 5.46. The minimum absolute atomic E-state index is 0.578. The van der Waals surface area contributed by atoms with Crippen molar-refractivity contribution in [2.24, 2.45) is 5.92 Å². The second-order valence-electron chi connectivity index (χ2n) is 5.89. The Hall–Kier alpha value is -1.02. The average Bonchev–Trinajstić information content (AvgIpc) is 2.26. The van der Waals surface area contributed by atoms with Crippen molar-refractivity contribution in [3.8, 4) is 5.75 Å². The first kappa shape index (κ1) is 13.4. The molecule has 0 spiro atoms. The summed E-state index contributed by atoms with van der Waals surface area (Å²) in [6.07, 6.45) is 3.99. The molecule has 1 aliphatic rings. The van der Waals surface area contributed by atoms with E-state index in [4.69, 9.17) is 4.74 Å². The molecule has 100 valence electrons. The van der Waals surface area contributed by atoms with Gasteiger partial charge >= 0.3 is 0 Å². The number of methoxy groups -OCH3 is 1. The minimum atomic E-state index is -0.708. The number of rotatable bonds is 2. The normalized spacial score (nSPS) is 28.2. The van der Waals surface area contributed by atoms with E-state index >= 15 is 0 Å². The van der Waals surface area contributed by atoms with Gasteiger partial charge in [0.25, 0.3) is 0 Å². The van der Waals surface area contributed by atoms with Crippen LogP contribution < -0.4 is 4.74 Å². The second kappa shape index (κ2) is 4.93. The third-order valence-corrected chi connectivity index (χ3v) is 4.10. The van der Waals surface area contributed by atoms with Crippen molar-refractivity contribution < 1.29 is 9.84 Å². The van der Waals surface area contributed by atoms with Crippen LogP contribution in [0.2, 0.25) is 0 Å². The molecule has 1 aliphatic carbocycles. The molecule has 1 aromatic carbocycles. The zero-order valence-electron chi connectivity index (χ0n) is 11.9. The van der Waals surface area contributed by atoms with Gasteiger partial charge in [-0.1, -0.05) is 19.4 Å². The number of hydrogen-bond acceptors (Lipinski definition) is 2. The zero-order valence-corrected chi connectivity index (χ0v) is 11.9. The zero-order chi connectivity index (χ0) is 13.3. The monoisotopic (exact) mass is 248 g/mol. The summed E-state index contributed by atoms with van der Waals surface area (Å²) in [5, 5.41) is 11.0. The summed E-state index contributed by atoms with van der Waals surface area (Å²) in [7, 11) is 1.69. The van der Waals surface area contributed by atoms with Crippen LogP contribution in [0.5, 0.6) is 5.75 Å². The number of aliphatic hydroxyl groups is 1. The molecule has 0 aliphatic heterocycles. The Kier molecular flexibility index (Phi) is 3.67. The van der Waals surface area contributed by atoms with Gasteiger partial charge in [-0.25, -0.2) is 0 Å². The molecule has 0 radical (unpaired) electrons. The minimum Gasteiger partial charge on any atom is -0.496 e. The molecule has 0 aromatic heterocycles. The highest BCUT2D eigenvalue weighted by atomic mass is 16.5. The lowest BCUT2D eigenvalue weighted by Gasteiger charge is -2.37. The molecule has 0 heterocycles. The summed E-state index contributed by atoms with van der Waals surface area (Å²) in [5.41, 5.74) is 2.62. The number of aryl methyl sites for hydroxylation is 2. The first-order valence-corrected chi connectivity index (χ1v) is 6.84. The van der Waals surface area contributed by atoms with Gasteiger partial charge in [-0.05, 0) is 56.2 Å². The van der Waals surface area contributed by atoms with E-state index in [0.29, 0.717) is 5.92 Å². The first-order valence-electron chi connectivity index (χ1n) is 6.84. The third kappa shape index (κ3) is 2.39. The average molecular weight is 248 g/mol. The Labute approximate surface area is 110 Å². The molecule has 18 heavy (non-hydrogen) atoms. The van der Waals surface area contributed by atoms with E-state index in [-0.39, 0.29) is 0 Å². The smallest absolute Gasteiger partial charge is 0.125 e. The molecule has 2 atom stereocenters. The Morgan fingerprint density at radius 2 is 2.06 bits per heavy atom. The molecule has 2 nitrogen and oxygen atoms in total. The van der Waals surface area contributed by atoms with E-state index in [1.165, 1.54) is 12.0 Å². The fourth-order valence-electron chi connectivity index (χ4n) is 3.44. The van der Waals surface area contributed by atoms with Crippen LogP contribution in [-0.4, -0.2) is 12.2 Å². The van der Waals surface area contributed by atoms with Crippen LogP contribution in [0.3, 0.4) is 0 Å². The quantitative estimate of drug-likeness (QED) is 0.864. The van der Waals surface area contributed by atoms with E-state index in [2.05, 4.69) is 26.8 Å². The maximum absolute atomic E-state index is 11.0. The van der Waals surface area contributed by atoms with Gasteiger partial charge in [-0.15, -0.1) is 0 Å². The lowest BCUT2D eigenvalue weighted by atomic mass is 9.73. The van der Waals surface area contributed by atoms with Crippen LogP contribution in [-0.2, 0) is 5.60 Å². The van der Waals surface area contributed by atoms with Crippen molar-refractivity contribution >= 4 is 0 Å². The van der Waals surface area contributed by atoms with Crippen LogP contribution in [0.15, 0.2) is 12.1 Å². The summed E-state index contributed by atoms with van der Waals surface area (Å²) in [6, 6.07) is 4.16. The van der Waals surface area contributed by atoms with Crippen LogP contribution in [0, 0.1) is 19.8 Å². The summed E-state index contributed by atoms with van der Waals surface area (Å²) < 4.78 is 5.50. The molecule has 2 heteroatoms. The van der Waals surface area contributed by atoms with Crippen LogP contribution >= 0.6 is 0 Å². The number of ether oxygens (including phenoxy) is 1. The molecule has 1 saturated carbocycles. The Morgan fingerprint density at radius 1 is 1.33 bits per heavy atom. The van der Waals surface area contributed by atoms with Crippen molar-refractivity contribution in [1.29, 1.82) is 0 Å². The van der Waals surface area contributed by atoms with E-state index in [1.54, 1.807) is 7.11 Å². The topological polar surface area (TPSA) is 29.5 Å². The molecule has 2 rings (SSSR count). The van der Waals surface area contributed by atoms with Crippen molar-refractivity contribution in [2.75, 3.05) is 7.11 Å². The van der Waals surface area contributed by atoms with E-state index < -0.39 is 5.60 Å². The summed E-state index contributed by atoms with van der Waals surface area (Å²) in [5.74, 6) is 1.42. The van der Waals surface area contributed by atoms with Gasteiger partial charge in [0, 0.05) is 5.56 Å². The van der Waals surface area contributed by atoms with Crippen molar-refractivity contribution in [3.63, 3.8) is 0 Å². The molecule has 1 fully saturated rings. The second-order valence-corrected chi connectivity index (χ2v) is 5.89. The third-order valence-electron chi connectivity index (χ3n) is 4.10. The summed E-state index contributed by atoms with van der Waals surface area (Å²) in [4.78, 5) is 0. The van der Waals surface area contributed by atoms with Gasteiger partial charge in [0.05, 0.1) is 12.7 Å². The fourth-order valence-corrected chi connectivity index (χ4v) is 3.44. The maximum Gasteiger partial charge on any atom is 0.125 e. The number of hydrogen-bond donors (Lipinski definition) is 1. The lowest BCUT2D eigenvalue weighted by Crippen LogP contribution is -2.33. The van der Waals surface area contributed by atoms with Gasteiger partial charge in [-0.2, -0.15) is 0 Å². The van der Waals surface area contributed by atoms with Crippen LogP contribution in [0.4, 0.5) is 0 Å². The van der Waals surface area contributed by atoms with E-state index in [0.717, 1.165) is 36.1 Å². The predicted molar refractivity (Wildman–Crippen MR) is 74.0 cm³/mol. The van der Waals surface area contributed by atoms with Crippen LogP contribution in [0.1, 0.15) is 49.3 Å². The molecular formula is C16H24O2. The van der Waals surface area contributed by atoms with Gasteiger partial charge in [0.2, 0.25) is 0 Å². The Balaban J connectivity index is 2.49. The van der Waals surface area contributed by atoms with Crippen molar-refractivity contribution in [2.45, 2.75) is 52.1 Å². The Morgan fingerprint density at radius 3 is 2.67 bits per heavy atom. The molecule has 2 unspecified atom stereocenters. The fraction of sp³-hybridized carbons (Fsp3) is 0.625. The molecule has 0 bridgehead atoms. The standard InChI is InChI=1S/C16H24O2/c1-11-6-5-7-16(17,10-11)15-13(3)8-12(2)9-14(15)18-4/h8-9,11,17H,5-7,10H2,1-4H3. The molecule has 0 amide bonds. The summed E-state index contributed by atoms with van der Waals surface area (Å²) in [6.45, 7) is 6.36. The Bertz CT molecular complexity index is 439. The van der Waals surface area contributed by atoms with Gasteiger partial charge in [-0.3, -0.25) is 0 Å². The van der Waals surface area contributed by atoms with E-state index in [9.17, 15) is 5.11 Å². The first-order chi connectivity index (χ1) is 8.46. The van der Waals surface area contributed by atoms with E-state index in [1.807, 2.05) is 6.07 Å². The van der Waals surface area contributed by atoms with Gasteiger partial charge in [0.15, 0.2) is 0 Å². The molecule has 1 N–H and O–H groups in total. The highest BCUT2D eigenvalue weighted by Crippen LogP contribution is 2.44. The van der Waals surface area contributed by atoms with Crippen molar-refractivity contribution in [1.82, 2.24) is 0 Å². The molecule has 0 saturated heterocycles. The van der Waals surface area contributed by atoms with Gasteiger partial charge in [0.1, 0.15) is 5.75 Å². The largest absolute Gasteiger partial charge is 0.496 e. The number of benzene rings is 1. The lowest BCUT2D eigenvalue weighted by molar-refractivity contribution is -0.0201. The molecule has 1 aromatic rings. The highest BCUT2D eigenvalue weighted by Gasteiger charge is 2.37. The summed E-state index contributed by atoms with van der Waals surface area (Å²) >= 11 is 0. The van der Waals surface area contributed by atoms with Crippen LogP contribution in [0.25, 0.3) is 0 Å². The van der Waals surface area contributed by atoms with Gasteiger partial charge < -0.3 is 9.84 Å². The molecular weight excluding hydrogens is 224 g/mol. The van der Waals surface area contributed by atoms with Crippen molar-refractivity contribution in [3.05, 3.63) is 28.8 Å². The SMILES string of the molecule is COc1cc(C)cc(C)c1C1(O)CCCC(C)C1. The maximum atomic E-state index is 11.0.